The van der Waals surface area contributed by atoms with Crippen molar-refractivity contribution in [1.29, 1.82) is 0 Å². The molecule has 2 atom stereocenters. The summed E-state index contributed by atoms with van der Waals surface area (Å²) < 4.78 is 5.21. The molecule has 1 amide bonds. The Morgan fingerprint density at radius 1 is 1.37 bits per heavy atom. The summed E-state index contributed by atoms with van der Waals surface area (Å²) in [5.74, 6) is 0.691. The molecule has 108 valence electrons. The van der Waals surface area contributed by atoms with E-state index in [0.29, 0.717) is 5.92 Å². The zero-order chi connectivity index (χ0) is 14.5. The van der Waals surface area contributed by atoms with E-state index in [1.807, 2.05) is 20.8 Å². The Bertz CT molecular complexity index is 420. The SMILES string of the molecule is CC(C)(C)OC(=O)N/N=C1/CC2CCC1(C)C2(C)C. The average Bonchev–Trinajstić information content (AvgIpc) is 2.56. The lowest BCUT2D eigenvalue weighted by Gasteiger charge is -2.34. The predicted molar refractivity (Wildman–Crippen MR) is 76.0 cm³/mol. The van der Waals surface area contributed by atoms with Gasteiger partial charge in [-0.3, -0.25) is 0 Å². The molecule has 2 aliphatic rings. The minimum absolute atomic E-state index is 0.118. The van der Waals surface area contributed by atoms with Gasteiger partial charge in [0.25, 0.3) is 0 Å². The van der Waals surface area contributed by atoms with Gasteiger partial charge in [0.1, 0.15) is 5.60 Å². The van der Waals surface area contributed by atoms with E-state index in [0.717, 1.165) is 12.1 Å². The molecular formula is C15H26N2O2. The van der Waals surface area contributed by atoms with Crippen LogP contribution in [0.5, 0.6) is 0 Å². The summed E-state index contributed by atoms with van der Waals surface area (Å²) in [6, 6.07) is 0. The summed E-state index contributed by atoms with van der Waals surface area (Å²) in [6.07, 6.45) is 2.97. The van der Waals surface area contributed by atoms with Crippen molar-refractivity contribution >= 4 is 11.8 Å². The number of carbonyl (C=O) groups is 1. The lowest BCUT2D eigenvalue weighted by molar-refractivity contribution is 0.0528. The van der Waals surface area contributed by atoms with Gasteiger partial charge < -0.3 is 4.74 Å². The lowest BCUT2D eigenvalue weighted by Crippen LogP contribution is -2.35. The fraction of sp³-hybridized carbons (Fsp3) is 0.867. The number of amides is 1. The Balaban J connectivity index is 2.05. The Morgan fingerprint density at radius 2 is 2.00 bits per heavy atom. The van der Waals surface area contributed by atoms with E-state index in [2.05, 4.69) is 31.3 Å². The first-order valence-corrected chi connectivity index (χ1v) is 7.12. The van der Waals surface area contributed by atoms with Crippen molar-refractivity contribution in [3.63, 3.8) is 0 Å². The molecule has 0 heterocycles. The molecule has 0 spiro atoms. The first kappa shape index (κ1) is 14.4. The van der Waals surface area contributed by atoms with E-state index in [1.165, 1.54) is 12.8 Å². The standard InChI is InChI=1S/C15H26N2O2/c1-13(2,3)19-12(18)17-16-11-9-10-7-8-15(11,6)14(10,4)5/h10H,7-9H2,1-6H3,(H,17,18)/b16-11-. The first-order valence-electron chi connectivity index (χ1n) is 7.12. The van der Waals surface area contributed by atoms with Crippen LogP contribution in [0.4, 0.5) is 4.79 Å². The molecule has 19 heavy (non-hydrogen) atoms. The minimum atomic E-state index is -0.484. The van der Waals surface area contributed by atoms with Gasteiger partial charge in [-0.2, -0.15) is 5.10 Å². The number of fused-ring (bicyclic) bond motifs is 2. The van der Waals surface area contributed by atoms with Crippen molar-refractivity contribution in [3.05, 3.63) is 0 Å². The monoisotopic (exact) mass is 266 g/mol. The van der Waals surface area contributed by atoms with E-state index < -0.39 is 11.7 Å². The number of rotatable bonds is 1. The van der Waals surface area contributed by atoms with E-state index in [9.17, 15) is 4.79 Å². The number of ether oxygens (including phenoxy) is 1. The Kier molecular flexibility index (Phi) is 3.19. The van der Waals surface area contributed by atoms with Crippen molar-refractivity contribution in [1.82, 2.24) is 5.43 Å². The molecule has 2 saturated carbocycles. The van der Waals surface area contributed by atoms with Gasteiger partial charge in [-0.05, 0) is 51.4 Å². The van der Waals surface area contributed by atoms with Gasteiger partial charge in [0.2, 0.25) is 0 Å². The highest BCUT2D eigenvalue weighted by Gasteiger charge is 2.60. The Labute approximate surface area is 116 Å². The predicted octanol–water partition coefficient (Wildman–Crippen LogP) is 3.71. The van der Waals surface area contributed by atoms with Gasteiger partial charge in [0.15, 0.2) is 0 Å². The van der Waals surface area contributed by atoms with E-state index in [1.54, 1.807) is 0 Å². The van der Waals surface area contributed by atoms with Gasteiger partial charge in [-0.1, -0.05) is 20.8 Å². The second-order valence-corrected chi connectivity index (χ2v) is 7.67. The van der Waals surface area contributed by atoms with Gasteiger partial charge in [0.05, 0.1) is 0 Å². The Morgan fingerprint density at radius 3 is 2.42 bits per heavy atom. The van der Waals surface area contributed by atoms with Crippen molar-refractivity contribution in [2.24, 2.45) is 21.8 Å². The lowest BCUT2D eigenvalue weighted by atomic mass is 9.70. The highest BCUT2D eigenvalue weighted by atomic mass is 16.6. The molecule has 4 heteroatoms. The fourth-order valence-electron chi connectivity index (χ4n) is 3.51. The van der Waals surface area contributed by atoms with Crippen LogP contribution in [-0.4, -0.2) is 17.4 Å². The topological polar surface area (TPSA) is 50.7 Å². The van der Waals surface area contributed by atoms with E-state index in [-0.39, 0.29) is 10.8 Å². The van der Waals surface area contributed by atoms with Crippen molar-refractivity contribution < 1.29 is 9.53 Å². The van der Waals surface area contributed by atoms with Crippen LogP contribution in [0.15, 0.2) is 5.10 Å². The fourth-order valence-corrected chi connectivity index (χ4v) is 3.51. The summed E-state index contributed by atoms with van der Waals surface area (Å²) in [6.45, 7) is 12.5. The van der Waals surface area contributed by atoms with E-state index in [4.69, 9.17) is 4.74 Å². The molecule has 2 aliphatic carbocycles. The summed E-state index contributed by atoms with van der Waals surface area (Å²) in [5.41, 5.74) is 3.59. The highest BCUT2D eigenvalue weighted by molar-refractivity contribution is 5.94. The molecule has 2 bridgehead atoms. The van der Waals surface area contributed by atoms with Crippen molar-refractivity contribution in [2.45, 2.75) is 66.4 Å². The second kappa shape index (κ2) is 4.22. The summed E-state index contributed by atoms with van der Waals surface area (Å²) in [5, 5.41) is 4.35. The normalized spacial score (nSPS) is 34.6. The summed E-state index contributed by atoms with van der Waals surface area (Å²) >= 11 is 0. The Hall–Kier alpha value is -1.06. The first-order chi connectivity index (χ1) is 8.56. The summed E-state index contributed by atoms with van der Waals surface area (Å²) in [4.78, 5) is 11.6. The molecule has 2 unspecified atom stereocenters. The van der Waals surface area contributed by atoms with Crippen LogP contribution in [-0.2, 0) is 4.74 Å². The minimum Gasteiger partial charge on any atom is -0.443 e. The maximum atomic E-state index is 11.6. The van der Waals surface area contributed by atoms with Crippen LogP contribution in [0, 0.1) is 16.7 Å². The molecule has 0 saturated heterocycles. The second-order valence-electron chi connectivity index (χ2n) is 7.67. The molecule has 0 aromatic rings. The molecular weight excluding hydrogens is 240 g/mol. The number of hydrazone groups is 1. The van der Waals surface area contributed by atoms with Crippen LogP contribution < -0.4 is 5.43 Å². The largest absolute Gasteiger partial charge is 0.443 e. The van der Waals surface area contributed by atoms with Crippen molar-refractivity contribution in [3.8, 4) is 0 Å². The number of hydrogen-bond acceptors (Lipinski definition) is 3. The smallest absolute Gasteiger partial charge is 0.428 e. The molecule has 2 rings (SSSR count). The molecule has 1 N–H and O–H groups in total. The maximum absolute atomic E-state index is 11.6. The number of nitrogens with one attached hydrogen (secondary N) is 1. The van der Waals surface area contributed by atoms with E-state index >= 15 is 0 Å². The molecule has 0 radical (unpaired) electrons. The highest BCUT2D eigenvalue weighted by Crippen LogP contribution is 2.63. The van der Waals surface area contributed by atoms with Crippen LogP contribution in [0.3, 0.4) is 0 Å². The third kappa shape index (κ3) is 2.37. The number of nitrogens with zero attached hydrogens (tertiary/aromatic N) is 1. The molecule has 0 aliphatic heterocycles. The van der Waals surface area contributed by atoms with Gasteiger partial charge in [-0.15, -0.1) is 0 Å². The summed E-state index contributed by atoms with van der Waals surface area (Å²) in [7, 11) is 0. The molecule has 4 nitrogen and oxygen atoms in total. The van der Waals surface area contributed by atoms with Gasteiger partial charge in [-0.25, -0.2) is 10.2 Å². The molecule has 0 aromatic heterocycles. The average molecular weight is 266 g/mol. The quantitative estimate of drug-likeness (QED) is 0.735. The van der Waals surface area contributed by atoms with Crippen molar-refractivity contribution in [2.75, 3.05) is 0 Å². The van der Waals surface area contributed by atoms with Crippen LogP contribution in [0.1, 0.15) is 60.8 Å². The molecule has 2 fully saturated rings. The van der Waals surface area contributed by atoms with Gasteiger partial charge in [0, 0.05) is 11.1 Å². The number of carbonyl (C=O) groups excluding carboxylic acids is 1. The maximum Gasteiger partial charge on any atom is 0.428 e. The van der Waals surface area contributed by atoms with Crippen LogP contribution in [0.25, 0.3) is 0 Å². The zero-order valence-electron chi connectivity index (χ0n) is 13.0. The van der Waals surface area contributed by atoms with Gasteiger partial charge >= 0.3 is 6.09 Å². The third-order valence-electron chi connectivity index (χ3n) is 5.19. The molecule has 0 aromatic carbocycles. The van der Waals surface area contributed by atoms with Crippen LogP contribution >= 0.6 is 0 Å². The number of hydrogen-bond donors (Lipinski definition) is 1. The van der Waals surface area contributed by atoms with Crippen LogP contribution in [0.2, 0.25) is 0 Å². The zero-order valence-corrected chi connectivity index (χ0v) is 13.0. The third-order valence-corrected chi connectivity index (χ3v) is 5.19.